The fourth-order valence-corrected chi connectivity index (χ4v) is 1.58. The highest BCUT2D eigenvalue weighted by Gasteiger charge is 2.26. The highest BCUT2D eigenvalue weighted by molar-refractivity contribution is 5.88. The minimum absolute atomic E-state index is 0. The zero-order valence-corrected chi connectivity index (χ0v) is 12.6. The van der Waals surface area contributed by atoms with Crippen molar-refractivity contribution in [1.29, 1.82) is 0 Å². The Morgan fingerprint density at radius 3 is 2.20 bits per heavy atom. The number of esters is 1. The van der Waals surface area contributed by atoms with E-state index in [1.807, 2.05) is 19.9 Å². The number of benzene rings is 1. The molecule has 0 aliphatic heterocycles. The number of amides is 1. The molecule has 3 N–H and O–H groups in total. The number of rotatable bonds is 5. The first-order valence-electron chi connectivity index (χ1n) is 6.16. The Hall–Kier alpha value is -1.59. The summed E-state index contributed by atoms with van der Waals surface area (Å²) in [6.45, 7) is 3.69. The van der Waals surface area contributed by atoms with Gasteiger partial charge in [0.05, 0.1) is 13.2 Å². The smallest absolute Gasteiger partial charge is 0.333 e. The molecule has 0 saturated carbocycles. The van der Waals surface area contributed by atoms with Crippen LogP contribution in [0.1, 0.15) is 25.5 Å². The maximum absolute atomic E-state index is 11.9. The Morgan fingerprint density at radius 1 is 1.20 bits per heavy atom. The minimum Gasteiger partial charge on any atom is -0.467 e. The van der Waals surface area contributed by atoms with Crippen molar-refractivity contribution in [3.63, 3.8) is 0 Å². The predicted octanol–water partition coefficient (Wildman–Crippen LogP) is 1.42. The molecule has 0 heterocycles. The van der Waals surface area contributed by atoms with E-state index in [-0.39, 0.29) is 24.2 Å². The van der Waals surface area contributed by atoms with E-state index in [1.165, 1.54) is 7.11 Å². The SMILES string of the molecule is COC(=O)[C@@H](NC(=O)[C@@H](N)C(C)C)c1ccccc1.Cl. The van der Waals surface area contributed by atoms with Crippen molar-refractivity contribution in [2.24, 2.45) is 11.7 Å². The van der Waals surface area contributed by atoms with Crippen LogP contribution < -0.4 is 11.1 Å². The van der Waals surface area contributed by atoms with Crippen molar-refractivity contribution in [2.45, 2.75) is 25.9 Å². The summed E-state index contributed by atoms with van der Waals surface area (Å²) in [5.74, 6) is -0.890. The van der Waals surface area contributed by atoms with Crippen molar-refractivity contribution in [2.75, 3.05) is 7.11 Å². The second-order valence-corrected chi connectivity index (χ2v) is 4.65. The van der Waals surface area contributed by atoms with Crippen molar-refractivity contribution in [3.8, 4) is 0 Å². The maximum Gasteiger partial charge on any atom is 0.333 e. The van der Waals surface area contributed by atoms with Crippen LogP contribution in [-0.2, 0) is 14.3 Å². The third-order valence-corrected chi connectivity index (χ3v) is 2.88. The van der Waals surface area contributed by atoms with Gasteiger partial charge in [0.15, 0.2) is 6.04 Å². The van der Waals surface area contributed by atoms with Crippen LogP contribution in [0.2, 0.25) is 0 Å². The van der Waals surface area contributed by atoms with Crippen LogP contribution in [0.25, 0.3) is 0 Å². The van der Waals surface area contributed by atoms with Crippen LogP contribution >= 0.6 is 12.4 Å². The number of methoxy groups -OCH3 is 1. The summed E-state index contributed by atoms with van der Waals surface area (Å²) < 4.78 is 4.71. The first-order chi connectivity index (χ1) is 8.97. The van der Waals surface area contributed by atoms with Gasteiger partial charge >= 0.3 is 5.97 Å². The fraction of sp³-hybridized carbons (Fsp3) is 0.429. The molecule has 0 unspecified atom stereocenters. The molecule has 0 aliphatic rings. The number of nitrogens with two attached hydrogens (primary N) is 1. The van der Waals surface area contributed by atoms with E-state index in [2.05, 4.69) is 5.32 Å². The fourth-order valence-electron chi connectivity index (χ4n) is 1.58. The molecule has 0 radical (unpaired) electrons. The Morgan fingerprint density at radius 2 is 1.75 bits per heavy atom. The van der Waals surface area contributed by atoms with Crippen molar-refractivity contribution in [1.82, 2.24) is 5.32 Å². The quantitative estimate of drug-likeness (QED) is 0.806. The van der Waals surface area contributed by atoms with Crippen LogP contribution in [0.4, 0.5) is 0 Å². The molecule has 5 nitrogen and oxygen atoms in total. The number of nitrogens with one attached hydrogen (secondary N) is 1. The molecule has 0 fully saturated rings. The third-order valence-electron chi connectivity index (χ3n) is 2.88. The number of carbonyl (C=O) groups excluding carboxylic acids is 2. The number of hydrogen-bond donors (Lipinski definition) is 2. The van der Waals surface area contributed by atoms with Gasteiger partial charge in [-0.05, 0) is 11.5 Å². The lowest BCUT2D eigenvalue weighted by Gasteiger charge is -2.21. The van der Waals surface area contributed by atoms with Gasteiger partial charge in [-0.1, -0.05) is 44.2 Å². The van der Waals surface area contributed by atoms with Crippen LogP contribution in [0.15, 0.2) is 30.3 Å². The van der Waals surface area contributed by atoms with E-state index in [9.17, 15) is 9.59 Å². The van der Waals surface area contributed by atoms with E-state index in [4.69, 9.17) is 10.5 Å². The number of hydrogen-bond acceptors (Lipinski definition) is 4. The van der Waals surface area contributed by atoms with Gasteiger partial charge in [-0.3, -0.25) is 4.79 Å². The third kappa shape index (κ3) is 4.83. The van der Waals surface area contributed by atoms with Gasteiger partial charge in [-0.2, -0.15) is 0 Å². The lowest BCUT2D eigenvalue weighted by Crippen LogP contribution is -2.47. The van der Waals surface area contributed by atoms with Crippen molar-refractivity contribution in [3.05, 3.63) is 35.9 Å². The lowest BCUT2D eigenvalue weighted by atomic mass is 10.0. The molecule has 20 heavy (non-hydrogen) atoms. The number of halogens is 1. The van der Waals surface area contributed by atoms with Crippen molar-refractivity contribution < 1.29 is 14.3 Å². The molecule has 112 valence electrons. The van der Waals surface area contributed by atoms with Crippen LogP contribution in [-0.4, -0.2) is 25.0 Å². The largest absolute Gasteiger partial charge is 0.467 e. The molecule has 0 spiro atoms. The summed E-state index contributed by atoms with van der Waals surface area (Å²) in [7, 11) is 1.28. The summed E-state index contributed by atoms with van der Waals surface area (Å²) >= 11 is 0. The van der Waals surface area contributed by atoms with Gasteiger partial charge in [0.2, 0.25) is 5.91 Å². The second-order valence-electron chi connectivity index (χ2n) is 4.65. The highest BCUT2D eigenvalue weighted by atomic mass is 35.5. The summed E-state index contributed by atoms with van der Waals surface area (Å²) in [4.78, 5) is 23.7. The van der Waals surface area contributed by atoms with E-state index < -0.39 is 18.1 Å². The zero-order chi connectivity index (χ0) is 14.4. The zero-order valence-electron chi connectivity index (χ0n) is 11.8. The van der Waals surface area contributed by atoms with E-state index in [0.29, 0.717) is 5.56 Å². The highest BCUT2D eigenvalue weighted by Crippen LogP contribution is 2.14. The maximum atomic E-state index is 11.9. The van der Waals surface area contributed by atoms with Gasteiger partial charge in [0, 0.05) is 0 Å². The molecule has 1 amide bonds. The standard InChI is InChI=1S/C14H20N2O3.ClH/c1-9(2)11(15)13(17)16-12(14(18)19-3)10-7-5-4-6-8-10;/h4-9,11-12H,15H2,1-3H3,(H,16,17);1H/t11-,12-;/m0./s1. The van der Waals surface area contributed by atoms with E-state index >= 15 is 0 Å². The number of carbonyl (C=O) groups is 2. The molecule has 2 atom stereocenters. The Bertz CT molecular complexity index is 437. The normalized spacial score (nSPS) is 13.1. The molecule has 1 aromatic rings. The topological polar surface area (TPSA) is 81.4 Å². The lowest BCUT2D eigenvalue weighted by molar-refractivity contribution is -0.145. The summed E-state index contributed by atoms with van der Waals surface area (Å²) in [5, 5.41) is 2.63. The average molecular weight is 301 g/mol. The first kappa shape index (κ1) is 18.4. The molecular formula is C14H21ClN2O3. The molecule has 0 aliphatic carbocycles. The molecule has 0 saturated heterocycles. The van der Waals surface area contributed by atoms with Crippen LogP contribution in [0.5, 0.6) is 0 Å². The van der Waals surface area contributed by atoms with Gasteiger partial charge in [-0.25, -0.2) is 4.79 Å². The Balaban J connectivity index is 0.00000361. The van der Waals surface area contributed by atoms with Crippen LogP contribution in [0.3, 0.4) is 0 Å². The molecule has 1 rings (SSSR count). The van der Waals surface area contributed by atoms with Crippen molar-refractivity contribution >= 4 is 24.3 Å². The molecule has 0 bridgehead atoms. The van der Waals surface area contributed by atoms with Gasteiger partial charge < -0.3 is 15.8 Å². The Labute approximate surface area is 125 Å². The van der Waals surface area contributed by atoms with Gasteiger partial charge in [0.1, 0.15) is 0 Å². The van der Waals surface area contributed by atoms with Gasteiger partial charge in [0.25, 0.3) is 0 Å². The van der Waals surface area contributed by atoms with E-state index in [1.54, 1.807) is 24.3 Å². The second kappa shape index (κ2) is 8.55. The summed E-state index contributed by atoms with van der Waals surface area (Å²) in [5.41, 5.74) is 6.43. The number of ether oxygens (including phenoxy) is 1. The molecular weight excluding hydrogens is 280 g/mol. The van der Waals surface area contributed by atoms with Crippen LogP contribution in [0, 0.1) is 5.92 Å². The van der Waals surface area contributed by atoms with E-state index in [0.717, 1.165) is 0 Å². The molecule has 0 aromatic heterocycles. The predicted molar refractivity (Wildman–Crippen MR) is 79.4 cm³/mol. The average Bonchev–Trinajstić information content (AvgIpc) is 2.43. The molecule has 1 aromatic carbocycles. The first-order valence-corrected chi connectivity index (χ1v) is 6.16. The monoisotopic (exact) mass is 300 g/mol. The minimum atomic E-state index is -0.830. The summed E-state index contributed by atoms with van der Waals surface area (Å²) in [6, 6.07) is 7.43. The van der Waals surface area contributed by atoms with Gasteiger partial charge in [-0.15, -0.1) is 12.4 Å². The summed E-state index contributed by atoms with van der Waals surface area (Å²) in [6.07, 6.45) is 0. The molecule has 6 heteroatoms. The Kier molecular flexibility index (Phi) is 7.87.